The van der Waals surface area contributed by atoms with Crippen LogP contribution in [0.25, 0.3) is 0 Å². The van der Waals surface area contributed by atoms with Gasteiger partial charge in [0.2, 0.25) is 0 Å². The van der Waals surface area contributed by atoms with E-state index in [9.17, 15) is 0 Å². The van der Waals surface area contributed by atoms with Crippen LogP contribution in [-0.4, -0.2) is 12.7 Å². The van der Waals surface area contributed by atoms with Crippen LogP contribution in [0.3, 0.4) is 0 Å². The van der Waals surface area contributed by atoms with Gasteiger partial charge in [-0.1, -0.05) is 19.9 Å². The van der Waals surface area contributed by atoms with Crippen molar-refractivity contribution in [2.75, 3.05) is 6.61 Å². The van der Waals surface area contributed by atoms with Crippen molar-refractivity contribution in [2.45, 2.75) is 39.2 Å². The van der Waals surface area contributed by atoms with E-state index in [0.717, 1.165) is 12.5 Å². The quantitative estimate of drug-likeness (QED) is 0.589. The molecule has 1 aliphatic rings. The van der Waals surface area contributed by atoms with Crippen LogP contribution >= 0.6 is 0 Å². The zero-order chi connectivity index (χ0) is 8.97. The lowest BCUT2D eigenvalue weighted by Crippen LogP contribution is -2.29. The predicted molar refractivity (Wildman–Crippen MR) is 52.1 cm³/mol. The third-order valence-electron chi connectivity index (χ3n) is 2.50. The zero-order valence-corrected chi connectivity index (χ0v) is 8.25. The molecule has 0 aromatic rings. The van der Waals surface area contributed by atoms with Gasteiger partial charge in [0.1, 0.15) is 0 Å². The zero-order valence-electron chi connectivity index (χ0n) is 8.25. The van der Waals surface area contributed by atoms with Gasteiger partial charge in [0, 0.05) is 12.5 Å². The minimum absolute atomic E-state index is 0.441. The van der Waals surface area contributed by atoms with E-state index >= 15 is 0 Å². The predicted octanol–water partition coefficient (Wildman–Crippen LogP) is 3.01. The Bertz CT molecular complexity index is 140. The summed E-state index contributed by atoms with van der Waals surface area (Å²) in [6.45, 7) is 9.30. The second-order valence-corrected chi connectivity index (χ2v) is 4.08. The fraction of sp³-hybridized carbons (Fsp3) is 0.818. The molecule has 0 amide bonds. The molecule has 1 saturated heterocycles. The van der Waals surface area contributed by atoms with E-state index in [4.69, 9.17) is 4.74 Å². The van der Waals surface area contributed by atoms with Gasteiger partial charge in [0.15, 0.2) is 0 Å². The van der Waals surface area contributed by atoms with E-state index in [1.54, 1.807) is 0 Å². The van der Waals surface area contributed by atoms with Gasteiger partial charge in [-0.3, -0.25) is 0 Å². The summed E-state index contributed by atoms with van der Waals surface area (Å²) in [6, 6.07) is 0. The lowest BCUT2D eigenvalue weighted by molar-refractivity contribution is -0.0219. The first-order valence-corrected chi connectivity index (χ1v) is 4.98. The Morgan fingerprint density at radius 1 is 1.58 bits per heavy atom. The van der Waals surface area contributed by atoms with Crippen molar-refractivity contribution in [1.29, 1.82) is 0 Å². The topological polar surface area (TPSA) is 9.23 Å². The van der Waals surface area contributed by atoms with Crippen molar-refractivity contribution in [1.82, 2.24) is 0 Å². The monoisotopic (exact) mass is 168 g/mol. The molecule has 0 aromatic heterocycles. The molecule has 0 unspecified atom stereocenters. The number of hydrogen-bond acceptors (Lipinski definition) is 1. The van der Waals surface area contributed by atoms with E-state index in [-0.39, 0.29) is 0 Å². The van der Waals surface area contributed by atoms with E-state index in [1.807, 2.05) is 0 Å². The van der Waals surface area contributed by atoms with Gasteiger partial charge in [-0.25, -0.2) is 0 Å². The van der Waals surface area contributed by atoms with Crippen LogP contribution in [0.15, 0.2) is 12.7 Å². The largest absolute Gasteiger partial charge is 0.378 e. The molecular weight excluding hydrogens is 148 g/mol. The summed E-state index contributed by atoms with van der Waals surface area (Å²) in [5, 5.41) is 0. The lowest BCUT2D eigenvalue weighted by atomic mass is 9.89. The Hall–Kier alpha value is -0.300. The maximum Gasteiger partial charge on any atom is 0.0640 e. The van der Waals surface area contributed by atoms with Gasteiger partial charge in [0.05, 0.1) is 6.10 Å². The molecule has 2 atom stereocenters. The molecule has 1 heteroatoms. The average molecular weight is 168 g/mol. The molecule has 0 aromatic carbocycles. The first-order chi connectivity index (χ1) is 5.74. The maximum atomic E-state index is 5.72. The summed E-state index contributed by atoms with van der Waals surface area (Å²) in [7, 11) is 0. The summed E-state index contributed by atoms with van der Waals surface area (Å²) in [4.78, 5) is 0. The summed E-state index contributed by atoms with van der Waals surface area (Å²) < 4.78 is 5.72. The maximum absolute atomic E-state index is 5.72. The van der Waals surface area contributed by atoms with Gasteiger partial charge in [-0.15, -0.1) is 6.58 Å². The average Bonchev–Trinajstić information content (AvgIpc) is 2.04. The second-order valence-electron chi connectivity index (χ2n) is 4.08. The molecule has 0 spiro atoms. The summed E-state index contributed by atoms with van der Waals surface area (Å²) in [6.07, 6.45) is 6.14. The Balaban J connectivity index is 2.41. The van der Waals surface area contributed by atoms with Crippen LogP contribution in [0.5, 0.6) is 0 Å². The van der Waals surface area contributed by atoms with E-state index < -0.39 is 0 Å². The Labute approximate surface area is 75.8 Å². The Kier molecular flexibility index (Phi) is 3.80. The second kappa shape index (κ2) is 4.66. The van der Waals surface area contributed by atoms with Gasteiger partial charge < -0.3 is 4.74 Å². The van der Waals surface area contributed by atoms with Crippen molar-refractivity contribution < 1.29 is 4.74 Å². The number of hydrogen-bond donors (Lipinski definition) is 0. The molecule has 1 heterocycles. The van der Waals surface area contributed by atoms with E-state index in [1.165, 1.54) is 19.3 Å². The molecule has 0 saturated carbocycles. The molecule has 0 aliphatic carbocycles. The van der Waals surface area contributed by atoms with E-state index in [2.05, 4.69) is 26.5 Å². The minimum Gasteiger partial charge on any atom is -0.378 e. The van der Waals surface area contributed by atoms with Gasteiger partial charge in [0.25, 0.3) is 0 Å². The number of ether oxygens (including phenoxy) is 1. The van der Waals surface area contributed by atoms with Crippen LogP contribution < -0.4 is 0 Å². The normalized spacial score (nSPS) is 30.6. The fourth-order valence-corrected chi connectivity index (χ4v) is 1.84. The Morgan fingerprint density at radius 3 is 2.92 bits per heavy atom. The molecule has 1 rings (SSSR count). The lowest BCUT2D eigenvalue weighted by Gasteiger charge is -2.30. The third-order valence-corrected chi connectivity index (χ3v) is 2.50. The van der Waals surface area contributed by atoms with Crippen molar-refractivity contribution >= 4 is 0 Å². The molecule has 0 bridgehead atoms. The molecule has 12 heavy (non-hydrogen) atoms. The summed E-state index contributed by atoms with van der Waals surface area (Å²) in [5.74, 6) is 1.33. The molecule has 1 aliphatic heterocycles. The number of rotatable bonds is 3. The van der Waals surface area contributed by atoms with Crippen LogP contribution in [0, 0.1) is 11.8 Å². The molecule has 1 nitrogen and oxygen atoms in total. The van der Waals surface area contributed by atoms with Crippen LogP contribution in [-0.2, 0) is 4.74 Å². The van der Waals surface area contributed by atoms with Crippen LogP contribution in [0.1, 0.15) is 33.1 Å². The third kappa shape index (κ3) is 2.63. The molecule has 70 valence electrons. The van der Waals surface area contributed by atoms with Crippen LogP contribution in [0.2, 0.25) is 0 Å². The fourth-order valence-electron chi connectivity index (χ4n) is 1.84. The van der Waals surface area contributed by atoms with Gasteiger partial charge in [-0.05, 0) is 25.2 Å². The first-order valence-electron chi connectivity index (χ1n) is 4.98. The highest BCUT2D eigenvalue weighted by Crippen LogP contribution is 2.26. The Morgan fingerprint density at radius 2 is 2.33 bits per heavy atom. The highest BCUT2D eigenvalue weighted by molar-refractivity contribution is 4.87. The SMILES string of the molecule is C=C[C@H]1CCCO[C@@H]1CC(C)C. The standard InChI is InChI=1S/C11H20O/c1-4-10-6-5-7-12-11(10)8-9(2)3/h4,9-11H,1,5-8H2,2-3H3/t10-,11+/m0/s1. The highest BCUT2D eigenvalue weighted by Gasteiger charge is 2.23. The van der Waals surface area contributed by atoms with E-state index in [0.29, 0.717) is 12.0 Å². The van der Waals surface area contributed by atoms with Crippen LogP contribution in [0.4, 0.5) is 0 Å². The minimum atomic E-state index is 0.441. The molecule has 0 N–H and O–H groups in total. The van der Waals surface area contributed by atoms with Gasteiger partial charge >= 0.3 is 0 Å². The van der Waals surface area contributed by atoms with Crippen molar-refractivity contribution in [2.24, 2.45) is 11.8 Å². The molecular formula is C11H20O. The smallest absolute Gasteiger partial charge is 0.0640 e. The summed E-state index contributed by atoms with van der Waals surface area (Å²) >= 11 is 0. The molecule has 1 fully saturated rings. The van der Waals surface area contributed by atoms with Crippen molar-refractivity contribution in [3.05, 3.63) is 12.7 Å². The highest BCUT2D eigenvalue weighted by atomic mass is 16.5. The summed E-state index contributed by atoms with van der Waals surface area (Å²) in [5.41, 5.74) is 0. The van der Waals surface area contributed by atoms with Crippen molar-refractivity contribution in [3.8, 4) is 0 Å². The van der Waals surface area contributed by atoms with Crippen molar-refractivity contribution in [3.63, 3.8) is 0 Å². The van der Waals surface area contributed by atoms with Gasteiger partial charge in [-0.2, -0.15) is 0 Å². The molecule has 0 radical (unpaired) electrons. The first kappa shape index (κ1) is 9.79.